The van der Waals surface area contributed by atoms with Crippen LogP contribution in [0, 0.1) is 11.8 Å². The summed E-state index contributed by atoms with van der Waals surface area (Å²) in [7, 11) is 0. The molecule has 1 saturated carbocycles. The van der Waals surface area contributed by atoms with Gasteiger partial charge in [0.15, 0.2) is 0 Å². The molecule has 0 bridgehead atoms. The van der Waals surface area contributed by atoms with Crippen LogP contribution in [0.5, 0.6) is 0 Å². The van der Waals surface area contributed by atoms with Crippen LogP contribution < -0.4 is 5.32 Å². The molecule has 0 saturated heterocycles. The lowest BCUT2D eigenvalue weighted by molar-refractivity contribution is 0.153. The Balaban J connectivity index is 2.35. The van der Waals surface area contributed by atoms with Crippen molar-refractivity contribution in [2.45, 2.75) is 52.2 Å². The fourth-order valence-corrected chi connectivity index (χ4v) is 2.39. The van der Waals surface area contributed by atoms with Gasteiger partial charge < -0.3 is 10.4 Å². The summed E-state index contributed by atoms with van der Waals surface area (Å²) in [5.74, 6) is 1.53. The maximum atomic E-state index is 9.19. The fourth-order valence-electron chi connectivity index (χ4n) is 2.39. The molecule has 0 radical (unpaired) electrons. The molecule has 0 aromatic rings. The minimum atomic E-state index is -0.221. The van der Waals surface area contributed by atoms with E-state index in [4.69, 9.17) is 0 Å². The number of rotatable bonds is 3. The molecule has 13 heavy (non-hydrogen) atoms. The minimum Gasteiger partial charge on any atom is -0.392 e. The van der Waals surface area contributed by atoms with Crippen LogP contribution >= 0.6 is 0 Å². The van der Waals surface area contributed by atoms with Crippen LogP contribution in [0.1, 0.15) is 40.0 Å². The van der Waals surface area contributed by atoms with Crippen molar-refractivity contribution < 1.29 is 5.11 Å². The second kappa shape index (κ2) is 4.97. The summed E-state index contributed by atoms with van der Waals surface area (Å²) in [4.78, 5) is 0. The van der Waals surface area contributed by atoms with Crippen LogP contribution in [-0.4, -0.2) is 23.8 Å². The summed E-state index contributed by atoms with van der Waals surface area (Å²) < 4.78 is 0. The van der Waals surface area contributed by atoms with Gasteiger partial charge in [0, 0.05) is 12.6 Å². The summed E-state index contributed by atoms with van der Waals surface area (Å²) in [6, 6.07) is 0.614. The molecule has 78 valence electrons. The first-order valence-corrected chi connectivity index (χ1v) is 5.52. The van der Waals surface area contributed by atoms with Gasteiger partial charge in [-0.2, -0.15) is 0 Å². The van der Waals surface area contributed by atoms with E-state index < -0.39 is 0 Å². The van der Waals surface area contributed by atoms with Crippen molar-refractivity contribution in [2.75, 3.05) is 6.54 Å². The Morgan fingerprint density at radius 2 is 1.85 bits per heavy atom. The number of aliphatic hydroxyl groups excluding tert-OH is 1. The average molecular weight is 185 g/mol. The van der Waals surface area contributed by atoms with Gasteiger partial charge in [0.2, 0.25) is 0 Å². The zero-order valence-corrected chi connectivity index (χ0v) is 9.09. The summed E-state index contributed by atoms with van der Waals surface area (Å²) in [6.45, 7) is 7.20. The van der Waals surface area contributed by atoms with Crippen molar-refractivity contribution in [3.05, 3.63) is 0 Å². The van der Waals surface area contributed by atoms with E-state index in [2.05, 4.69) is 19.2 Å². The van der Waals surface area contributed by atoms with Gasteiger partial charge in [-0.05, 0) is 31.6 Å². The molecule has 1 rings (SSSR count). The van der Waals surface area contributed by atoms with Gasteiger partial charge >= 0.3 is 0 Å². The normalized spacial score (nSPS) is 33.2. The summed E-state index contributed by atoms with van der Waals surface area (Å²) >= 11 is 0. The highest BCUT2D eigenvalue weighted by Gasteiger charge is 2.26. The Kier molecular flexibility index (Phi) is 4.20. The SMILES string of the molecule is C[C@@H]1CCC[C@@H](C)C1NC[C@@H](C)O. The third-order valence-electron chi connectivity index (χ3n) is 3.19. The van der Waals surface area contributed by atoms with Crippen molar-refractivity contribution >= 4 is 0 Å². The van der Waals surface area contributed by atoms with E-state index in [9.17, 15) is 5.11 Å². The van der Waals surface area contributed by atoms with Gasteiger partial charge in [0.05, 0.1) is 6.10 Å². The zero-order valence-electron chi connectivity index (χ0n) is 9.09. The summed E-state index contributed by atoms with van der Waals surface area (Å²) in [5, 5.41) is 12.7. The quantitative estimate of drug-likeness (QED) is 0.702. The second-order valence-electron chi connectivity index (χ2n) is 4.67. The van der Waals surface area contributed by atoms with Crippen molar-refractivity contribution in [3.63, 3.8) is 0 Å². The van der Waals surface area contributed by atoms with Gasteiger partial charge in [-0.25, -0.2) is 0 Å². The van der Waals surface area contributed by atoms with Crippen LogP contribution in [0.3, 0.4) is 0 Å². The van der Waals surface area contributed by atoms with Crippen LogP contribution in [-0.2, 0) is 0 Å². The van der Waals surface area contributed by atoms with E-state index in [1.165, 1.54) is 19.3 Å². The Labute approximate surface area is 81.7 Å². The molecule has 0 heterocycles. The van der Waals surface area contributed by atoms with Crippen LogP contribution in [0.4, 0.5) is 0 Å². The lowest BCUT2D eigenvalue weighted by atomic mass is 9.79. The first-order valence-electron chi connectivity index (χ1n) is 5.52. The molecule has 2 nitrogen and oxygen atoms in total. The molecule has 3 atom stereocenters. The zero-order chi connectivity index (χ0) is 9.84. The van der Waals surface area contributed by atoms with E-state index in [0.29, 0.717) is 6.04 Å². The lowest BCUT2D eigenvalue weighted by Gasteiger charge is -2.35. The molecule has 0 spiro atoms. The molecule has 0 aromatic heterocycles. The molecular weight excluding hydrogens is 162 g/mol. The second-order valence-corrected chi connectivity index (χ2v) is 4.67. The highest BCUT2D eigenvalue weighted by molar-refractivity contribution is 4.83. The molecule has 2 heteroatoms. The Morgan fingerprint density at radius 3 is 2.31 bits per heavy atom. The predicted molar refractivity (Wildman–Crippen MR) is 55.7 cm³/mol. The summed E-state index contributed by atoms with van der Waals surface area (Å²) in [5.41, 5.74) is 0. The fraction of sp³-hybridized carbons (Fsp3) is 1.00. The van der Waals surface area contributed by atoms with Crippen LogP contribution in [0.25, 0.3) is 0 Å². The Hall–Kier alpha value is -0.0800. The lowest BCUT2D eigenvalue weighted by Crippen LogP contribution is -2.45. The van der Waals surface area contributed by atoms with Crippen molar-refractivity contribution in [3.8, 4) is 0 Å². The first kappa shape index (κ1) is 11.0. The average Bonchev–Trinajstić information content (AvgIpc) is 2.03. The van der Waals surface area contributed by atoms with E-state index in [0.717, 1.165) is 18.4 Å². The number of hydrogen-bond acceptors (Lipinski definition) is 2. The third-order valence-corrected chi connectivity index (χ3v) is 3.19. The number of nitrogens with one attached hydrogen (secondary N) is 1. The van der Waals surface area contributed by atoms with Crippen molar-refractivity contribution in [1.82, 2.24) is 5.32 Å². The predicted octanol–water partition coefficient (Wildman–Crippen LogP) is 1.78. The maximum absolute atomic E-state index is 9.19. The molecule has 0 unspecified atom stereocenters. The minimum absolute atomic E-state index is 0.221. The number of hydrogen-bond donors (Lipinski definition) is 2. The van der Waals surface area contributed by atoms with E-state index in [1.54, 1.807) is 0 Å². The molecular formula is C11H23NO. The maximum Gasteiger partial charge on any atom is 0.0636 e. The third kappa shape index (κ3) is 3.28. The van der Waals surface area contributed by atoms with Crippen molar-refractivity contribution in [1.29, 1.82) is 0 Å². The Morgan fingerprint density at radius 1 is 1.31 bits per heavy atom. The molecule has 1 aliphatic carbocycles. The molecule has 1 fully saturated rings. The highest BCUT2D eigenvalue weighted by atomic mass is 16.3. The monoisotopic (exact) mass is 185 g/mol. The largest absolute Gasteiger partial charge is 0.392 e. The molecule has 0 aliphatic heterocycles. The van der Waals surface area contributed by atoms with Crippen LogP contribution in [0.2, 0.25) is 0 Å². The molecule has 2 N–H and O–H groups in total. The molecule has 0 amide bonds. The Bertz CT molecular complexity index is 137. The van der Waals surface area contributed by atoms with Gasteiger partial charge in [0.1, 0.15) is 0 Å². The van der Waals surface area contributed by atoms with Gasteiger partial charge in [-0.1, -0.05) is 20.3 Å². The molecule has 1 aliphatic rings. The van der Waals surface area contributed by atoms with E-state index in [1.807, 2.05) is 6.92 Å². The van der Waals surface area contributed by atoms with Gasteiger partial charge in [0.25, 0.3) is 0 Å². The van der Waals surface area contributed by atoms with E-state index in [-0.39, 0.29) is 6.10 Å². The highest BCUT2D eigenvalue weighted by Crippen LogP contribution is 2.28. The van der Waals surface area contributed by atoms with E-state index >= 15 is 0 Å². The topological polar surface area (TPSA) is 32.3 Å². The standard InChI is InChI=1S/C11H23NO/c1-8-5-4-6-9(2)11(8)12-7-10(3)13/h8-13H,4-7H2,1-3H3/t8-,9-,10-/m1/s1. The van der Waals surface area contributed by atoms with Gasteiger partial charge in [-0.3, -0.25) is 0 Å². The van der Waals surface area contributed by atoms with Gasteiger partial charge in [-0.15, -0.1) is 0 Å². The van der Waals surface area contributed by atoms with Crippen LogP contribution in [0.15, 0.2) is 0 Å². The number of aliphatic hydroxyl groups is 1. The smallest absolute Gasteiger partial charge is 0.0636 e. The summed E-state index contributed by atoms with van der Waals surface area (Å²) in [6.07, 6.45) is 3.82. The molecule has 0 aromatic carbocycles. The van der Waals surface area contributed by atoms with Crippen molar-refractivity contribution in [2.24, 2.45) is 11.8 Å². The first-order chi connectivity index (χ1) is 6.11.